The molecule has 16 heavy (non-hydrogen) atoms. The Labute approximate surface area is 113 Å². The van der Waals surface area contributed by atoms with Gasteiger partial charge >= 0.3 is 0 Å². The molecule has 4 heteroatoms. The van der Waals surface area contributed by atoms with Gasteiger partial charge in [-0.15, -0.1) is 23.5 Å². The molecule has 1 fully saturated rings. The molecule has 2 rings (SSSR count). The number of carbonyl (C=O) groups is 1. The van der Waals surface area contributed by atoms with Crippen LogP contribution in [0.25, 0.3) is 0 Å². The van der Waals surface area contributed by atoms with Crippen molar-refractivity contribution in [1.29, 1.82) is 0 Å². The number of benzene rings is 1. The molecule has 0 atom stereocenters. The Balaban J connectivity index is 1.97. The molecule has 0 aromatic heterocycles. The zero-order valence-corrected chi connectivity index (χ0v) is 12.0. The van der Waals surface area contributed by atoms with Crippen molar-refractivity contribution in [1.82, 2.24) is 0 Å². The SMILES string of the molecule is O=C(CC1SCCCS1)c1cccc(Br)c1. The minimum Gasteiger partial charge on any atom is -0.294 e. The van der Waals surface area contributed by atoms with Crippen molar-refractivity contribution in [3.8, 4) is 0 Å². The number of Topliss-reactive ketones (excluding diaryl/α,β-unsaturated/α-hetero) is 1. The van der Waals surface area contributed by atoms with Gasteiger partial charge in [-0.25, -0.2) is 0 Å². The fraction of sp³-hybridized carbons (Fsp3) is 0.417. The molecule has 1 aliphatic rings. The van der Waals surface area contributed by atoms with Crippen LogP contribution in [0.3, 0.4) is 0 Å². The Bertz CT molecular complexity index is 375. The number of halogens is 1. The van der Waals surface area contributed by atoms with E-state index < -0.39 is 0 Å². The summed E-state index contributed by atoms with van der Waals surface area (Å²) < 4.78 is 1.43. The molecule has 1 aromatic carbocycles. The van der Waals surface area contributed by atoms with Crippen LogP contribution in [0.15, 0.2) is 28.7 Å². The maximum absolute atomic E-state index is 12.0. The van der Waals surface area contributed by atoms with Gasteiger partial charge in [-0.3, -0.25) is 4.79 Å². The molecule has 1 aliphatic heterocycles. The molecule has 0 spiro atoms. The average Bonchev–Trinajstić information content (AvgIpc) is 2.30. The van der Waals surface area contributed by atoms with E-state index in [1.165, 1.54) is 17.9 Å². The molecule has 0 saturated carbocycles. The van der Waals surface area contributed by atoms with Gasteiger partial charge in [0.05, 0.1) is 4.58 Å². The third kappa shape index (κ3) is 3.54. The summed E-state index contributed by atoms with van der Waals surface area (Å²) in [6, 6.07) is 7.66. The minimum absolute atomic E-state index is 0.258. The van der Waals surface area contributed by atoms with E-state index in [2.05, 4.69) is 15.9 Å². The Kier molecular flexibility index (Phi) is 4.79. The molecule has 0 N–H and O–H groups in total. The van der Waals surface area contributed by atoms with Crippen molar-refractivity contribution in [3.05, 3.63) is 34.3 Å². The van der Waals surface area contributed by atoms with Crippen molar-refractivity contribution in [2.24, 2.45) is 0 Å². The van der Waals surface area contributed by atoms with Crippen LogP contribution < -0.4 is 0 Å². The largest absolute Gasteiger partial charge is 0.294 e. The third-order valence-electron chi connectivity index (χ3n) is 2.39. The highest BCUT2D eigenvalue weighted by Gasteiger charge is 2.18. The van der Waals surface area contributed by atoms with Gasteiger partial charge in [-0.2, -0.15) is 0 Å². The van der Waals surface area contributed by atoms with Gasteiger partial charge in [-0.1, -0.05) is 28.1 Å². The summed E-state index contributed by atoms with van der Waals surface area (Å²) in [4.78, 5) is 12.0. The number of carbonyl (C=O) groups excluding carboxylic acids is 1. The van der Waals surface area contributed by atoms with Crippen LogP contribution in [0.2, 0.25) is 0 Å². The summed E-state index contributed by atoms with van der Waals surface area (Å²) in [7, 11) is 0. The van der Waals surface area contributed by atoms with E-state index >= 15 is 0 Å². The predicted octanol–water partition coefficient (Wildman–Crippen LogP) is 4.22. The first-order valence-corrected chi connectivity index (χ1v) is 8.17. The van der Waals surface area contributed by atoms with E-state index in [0.717, 1.165) is 10.0 Å². The molecule has 1 heterocycles. The smallest absolute Gasteiger partial charge is 0.164 e. The maximum atomic E-state index is 12.0. The zero-order chi connectivity index (χ0) is 11.4. The van der Waals surface area contributed by atoms with Gasteiger partial charge in [0.2, 0.25) is 0 Å². The fourth-order valence-electron chi connectivity index (χ4n) is 1.59. The summed E-state index contributed by atoms with van der Waals surface area (Å²) in [6.45, 7) is 0. The molecular weight excluding hydrogens is 304 g/mol. The van der Waals surface area contributed by atoms with Crippen LogP contribution in [-0.4, -0.2) is 21.9 Å². The van der Waals surface area contributed by atoms with Crippen molar-refractivity contribution in [2.45, 2.75) is 17.4 Å². The lowest BCUT2D eigenvalue weighted by Gasteiger charge is -2.19. The van der Waals surface area contributed by atoms with Crippen LogP contribution in [0.4, 0.5) is 0 Å². The van der Waals surface area contributed by atoms with Gasteiger partial charge in [0.1, 0.15) is 0 Å². The number of ketones is 1. The number of hydrogen-bond donors (Lipinski definition) is 0. The highest BCUT2D eigenvalue weighted by molar-refractivity contribution is 9.10. The molecule has 0 amide bonds. The Morgan fingerprint density at radius 2 is 2.12 bits per heavy atom. The Morgan fingerprint density at radius 3 is 2.81 bits per heavy atom. The molecule has 0 unspecified atom stereocenters. The minimum atomic E-state index is 0.258. The van der Waals surface area contributed by atoms with Gasteiger partial charge in [0.15, 0.2) is 5.78 Å². The van der Waals surface area contributed by atoms with Crippen LogP contribution in [0, 0.1) is 0 Å². The third-order valence-corrected chi connectivity index (χ3v) is 5.83. The highest BCUT2D eigenvalue weighted by Crippen LogP contribution is 2.33. The summed E-state index contributed by atoms with van der Waals surface area (Å²) in [5, 5.41) is 0. The normalized spacial score (nSPS) is 17.3. The van der Waals surface area contributed by atoms with E-state index in [4.69, 9.17) is 0 Å². The van der Waals surface area contributed by atoms with E-state index in [1.807, 2.05) is 47.8 Å². The number of hydrogen-bond acceptors (Lipinski definition) is 3. The number of rotatable bonds is 3. The molecule has 1 nitrogen and oxygen atoms in total. The van der Waals surface area contributed by atoms with Crippen LogP contribution in [0.1, 0.15) is 23.2 Å². The highest BCUT2D eigenvalue weighted by atomic mass is 79.9. The topological polar surface area (TPSA) is 17.1 Å². The lowest BCUT2D eigenvalue weighted by molar-refractivity contribution is 0.0987. The first kappa shape index (κ1) is 12.5. The van der Waals surface area contributed by atoms with Gasteiger partial charge in [0, 0.05) is 16.5 Å². The summed E-state index contributed by atoms with van der Waals surface area (Å²) in [6.07, 6.45) is 1.93. The van der Waals surface area contributed by atoms with Gasteiger partial charge in [0.25, 0.3) is 0 Å². The Hall–Kier alpha value is 0.0700. The summed E-state index contributed by atoms with van der Waals surface area (Å²) >= 11 is 7.23. The second kappa shape index (κ2) is 6.12. The molecule has 0 bridgehead atoms. The number of thioether (sulfide) groups is 2. The van der Waals surface area contributed by atoms with E-state index in [9.17, 15) is 4.79 Å². The van der Waals surface area contributed by atoms with E-state index in [-0.39, 0.29) is 5.78 Å². The molecule has 1 saturated heterocycles. The van der Waals surface area contributed by atoms with E-state index in [0.29, 0.717) is 11.0 Å². The van der Waals surface area contributed by atoms with E-state index in [1.54, 1.807) is 0 Å². The summed E-state index contributed by atoms with van der Waals surface area (Å²) in [5.74, 6) is 2.65. The zero-order valence-electron chi connectivity index (χ0n) is 8.82. The van der Waals surface area contributed by atoms with Gasteiger partial charge < -0.3 is 0 Å². The van der Waals surface area contributed by atoms with Gasteiger partial charge in [-0.05, 0) is 30.1 Å². The maximum Gasteiger partial charge on any atom is 0.164 e. The molecule has 86 valence electrons. The van der Waals surface area contributed by atoms with Crippen LogP contribution >= 0.6 is 39.5 Å². The Morgan fingerprint density at radius 1 is 1.38 bits per heavy atom. The quantitative estimate of drug-likeness (QED) is 0.777. The molecule has 0 radical (unpaired) electrons. The molecular formula is C12H13BrOS2. The van der Waals surface area contributed by atoms with Crippen molar-refractivity contribution in [3.63, 3.8) is 0 Å². The monoisotopic (exact) mass is 316 g/mol. The fourth-order valence-corrected chi connectivity index (χ4v) is 4.82. The van der Waals surface area contributed by atoms with Crippen molar-refractivity contribution in [2.75, 3.05) is 11.5 Å². The first-order chi connectivity index (χ1) is 7.75. The van der Waals surface area contributed by atoms with Crippen LogP contribution in [-0.2, 0) is 0 Å². The van der Waals surface area contributed by atoms with Crippen molar-refractivity contribution >= 4 is 45.2 Å². The first-order valence-electron chi connectivity index (χ1n) is 5.28. The van der Waals surface area contributed by atoms with Crippen LogP contribution in [0.5, 0.6) is 0 Å². The lowest BCUT2D eigenvalue weighted by Crippen LogP contribution is -2.12. The second-order valence-electron chi connectivity index (χ2n) is 3.66. The predicted molar refractivity (Wildman–Crippen MR) is 76.4 cm³/mol. The lowest BCUT2D eigenvalue weighted by atomic mass is 10.1. The second-order valence-corrected chi connectivity index (χ2v) is 7.50. The average molecular weight is 317 g/mol. The summed E-state index contributed by atoms with van der Waals surface area (Å²) in [5.41, 5.74) is 0.821. The molecule has 0 aliphatic carbocycles. The molecule has 1 aromatic rings. The van der Waals surface area contributed by atoms with Crippen molar-refractivity contribution < 1.29 is 4.79 Å². The standard InChI is InChI=1S/C12H13BrOS2/c13-10-4-1-3-9(7-10)11(14)8-12-15-5-2-6-16-12/h1,3-4,7,12H,2,5-6,8H2.